The third kappa shape index (κ3) is 5.37. The standard InChI is InChI=1S/C18H28N4O.HI/c1-5-22(6-2)12-11-20-18(19-4)21-13-17-14(3)15-9-7-8-10-16(15)23-17;/h7-10H,5-6,11-13H2,1-4H3,(H2,19,20,21);1H. The zero-order chi connectivity index (χ0) is 16.7. The van der Waals surface area contributed by atoms with Gasteiger partial charge in [-0.1, -0.05) is 32.0 Å². The van der Waals surface area contributed by atoms with E-state index in [0.717, 1.165) is 43.5 Å². The predicted octanol–water partition coefficient (Wildman–Crippen LogP) is 3.37. The molecule has 0 radical (unpaired) electrons. The Morgan fingerprint density at radius 2 is 1.88 bits per heavy atom. The molecule has 6 heteroatoms. The maximum Gasteiger partial charge on any atom is 0.191 e. The number of hydrogen-bond acceptors (Lipinski definition) is 3. The highest BCUT2D eigenvalue weighted by atomic mass is 127. The minimum Gasteiger partial charge on any atom is -0.459 e. The molecule has 5 nitrogen and oxygen atoms in total. The fourth-order valence-corrected chi connectivity index (χ4v) is 2.65. The Kier molecular flexibility index (Phi) is 9.13. The summed E-state index contributed by atoms with van der Waals surface area (Å²) in [6.45, 7) is 11.1. The smallest absolute Gasteiger partial charge is 0.191 e. The molecule has 0 amide bonds. The van der Waals surface area contributed by atoms with E-state index in [1.165, 1.54) is 10.9 Å². The van der Waals surface area contributed by atoms with E-state index in [0.29, 0.717) is 6.54 Å². The average Bonchev–Trinajstić information content (AvgIpc) is 2.91. The van der Waals surface area contributed by atoms with Crippen LogP contribution in [0.2, 0.25) is 0 Å². The molecule has 0 atom stereocenters. The maximum atomic E-state index is 5.92. The number of halogens is 1. The Balaban J connectivity index is 0.00000288. The Hall–Kier alpha value is -1.28. The molecule has 2 aromatic rings. The Bertz CT molecular complexity index is 650. The van der Waals surface area contributed by atoms with Gasteiger partial charge in [0.25, 0.3) is 0 Å². The molecule has 134 valence electrons. The quantitative estimate of drug-likeness (QED) is 0.391. The summed E-state index contributed by atoms with van der Waals surface area (Å²) in [7, 11) is 1.79. The van der Waals surface area contributed by atoms with Crippen LogP contribution in [0.15, 0.2) is 33.7 Å². The summed E-state index contributed by atoms with van der Waals surface area (Å²) in [5.41, 5.74) is 2.12. The number of guanidine groups is 1. The second kappa shape index (κ2) is 10.6. The molecule has 1 aromatic carbocycles. The van der Waals surface area contributed by atoms with E-state index < -0.39 is 0 Å². The monoisotopic (exact) mass is 444 g/mol. The van der Waals surface area contributed by atoms with E-state index in [1.54, 1.807) is 7.05 Å². The maximum absolute atomic E-state index is 5.92. The molecule has 0 saturated carbocycles. The van der Waals surface area contributed by atoms with E-state index in [1.807, 2.05) is 18.2 Å². The van der Waals surface area contributed by atoms with Gasteiger partial charge in [0.05, 0.1) is 6.54 Å². The second-order valence-electron chi connectivity index (χ2n) is 5.53. The average molecular weight is 444 g/mol. The van der Waals surface area contributed by atoms with Crippen molar-refractivity contribution in [1.29, 1.82) is 0 Å². The summed E-state index contributed by atoms with van der Waals surface area (Å²) in [5.74, 6) is 1.76. The van der Waals surface area contributed by atoms with Crippen LogP contribution in [0.1, 0.15) is 25.2 Å². The minimum atomic E-state index is 0. The van der Waals surface area contributed by atoms with Gasteiger partial charge in [-0.3, -0.25) is 4.99 Å². The van der Waals surface area contributed by atoms with Gasteiger partial charge in [0.1, 0.15) is 11.3 Å². The van der Waals surface area contributed by atoms with Crippen molar-refractivity contribution in [3.63, 3.8) is 0 Å². The number of nitrogens with zero attached hydrogens (tertiary/aromatic N) is 2. The van der Waals surface area contributed by atoms with Gasteiger partial charge in [-0.05, 0) is 26.1 Å². The number of aliphatic imine (C=N–C) groups is 1. The number of nitrogens with one attached hydrogen (secondary N) is 2. The van der Waals surface area contributed by atoms with Crippen LogP contribution < -0.4 is 10.6 Å². The molecule has 0 fully saturated rings. The Morgan fingerprint density at radius 1 is 1.17 bits per heavy atom. The van der Waals surface area contributed by atoms with Gasteiger partial charge >= 0.3 is 0 Å². The van der Waals surface area contributed by atoms with Gasteiger partial charge < -0.3 is 20.0 Å². The van der Waals surface area contributed by atoms with Crippen LogP contribution in [-0.4, -0.2) is 44.1 Å². The van der Waals surface area contributed by atoms with Crippen molar-refractivity contribution < 1.29 is 4.42 Å². The highest BCUT2D eigenvalue weighted by Gasteiger charge is 2.10. The van der Waals surface area contributed by atoms with Gasteiger partial charge in [0, 0.05) is 31.1 Å². The fourth-order valence-electron chi connectivity index (χ4n) is 2.65. The first-order valence-electron chi connectivity index (χ1n) is 8.33. The first-order valence-corrected chi connectivity index (χ1v) is 8.33. The highest BCUT2D eigenvalue weighted by molar-refractivity contribution is 14.0. The zero-order valence-corrected chi connectivity index (χ0v) is 17.4. The SMILES string of the molecule is CCN(CC)CCNC(=NC)NCc1oc2ccccc2c1C.I. The van der Waals surface area contributed by atoms with Gasteiger partial charge in [0.15, 0.2) is 5.96 Å². The first kappa shape index (κ1) is 20.8. The summed E-state index contributed by atoms with van der Waals surface area (Å²) < 4.78 is 5.92. The summed E-state index contributed by atoms with van der Waals surface area (Å²) in [6.07, 6.45) is 0. The van der Waals surface area contributed by atoms with Gasteiger partial charge in [-0.25, -0.2) is 0 Å². The summed E-state index contributed by atoms with van der Waals surface area (Å²) in [6, 6.07) is 8.13. The van der Waals surface area contributed by atoms with Crippen LogP contribution in [0, 0.1) is 6.92 Å². The molecular formula is C18H29IN4O. The normalized spacial score (nSPS) is 11.6. The lowest BCUT2D eigenvalue weighted by atomic mass is 10.1. The largest absolute Gasteiger partial charge is 0.459 e. The Labute approximate surface area is 161 Å². The molecule has 0 bridgehead atoms. The van der Waals surface area contributed by atoms with Crippen molar-refractivity contribution in [3.05, 3.63) is 35.6 Å². The molecular weight excluding hydrogens is 415 g/mol. The molecule has 0 aliphatic heterocycles. The number of fused-ring (bicyclic) bond motifs is 1. The number of aryl methyl sites for hydroxylation is 1. The number of benzene rings is 1. The van der Waals surface area contributed by atoms with Crippen LogP contribution in [0.25, 0.3) is 11.0 Å². The number of para-hydroxylation sites is 1. The summed E-state index contributed by atoms with van der Waals surface area (Å²) >= 11 is 0. The zero-order valence-electron chi connectivity index (χ0n) is 15.1. The van der Waals surface area contributed by atoms with Crippen LogP contribution in [0.4, 0.5) is 0 Å². The molecule has 0 aliphatic carbocycles. The molecule has 0 unspecified atom stereocenters. The number of likely N-dealkylation sites (N-methyl/N-ethyl adjacent to an activating group) is 1. The lowest BCUT2D eigenvalue weighted by molar-refractivity contribution is 0.308. The lowest BCUT2D eigenvalue weighted by Gasteiger charge is -2.19. The molecule has 0 saturated heterocycles. The van der Waals surface area contributed by atoms with Gasteiger partial charge in [-0.15, -0.1) is 24.0 Å². The number of hydrogen-bond donors (Lipinski definition) is 2. The highest BCUT2D eigenvalue weighted by Crippen LogP contribution is 2.24. The molecule has 24 heavy (non-hydrogen) atoms. The molecule has 2 rings (SSSR count). The van der Waals surface area contributed by atoms with Crippen molar-refractivity contribution in [2.75, 3.05) is 33.2 Å². The van der Waals surface area contributed by atoms with Crippen molar-refractivity contribution in [1.82, 2.24) is 15.5 Å². The van der Waals surface area contributed by atoms with E-state index in [4.69, 9.17) is 4.42 Å². The molecule has 0 aliphatic rings. The minimum absolute atomic E-state index is 0. The second-order valence-corrected chi connectivity index (χ2v) is 5.53. The van der Waals surface area contributed by atoms with Crippen molar-refractivity contribution >= 4 is 40.9 Å². The number of furan rings is 1. The van der Waals surface area contributed by atoms with Crippen LogP contribution >= 0.6 is 24.0 Å². The lowest BCUT2D eigenvalue weighted by Crippen LogP contribution is -2.41. The molecule has 1 heterocycles. The topological polar surface area (TPSA) is 52.8 Å². The summed E-state index contributed by atoms with van der Waals surface area (Å²) in [4.78, 5) is 6.65. The predicted molar refractivity (Wildman–Crippen MR) is 112 cm³/mol. The third-order valence-corrected chi connectivity index (χ3v) is 4.20. The van der Waals surface area contributed by atoms with Crippen molar-refractivity contribution in [3.8, 4) is 0 Å². The molecule has 0 spiro atoms. The van der Waals surface area contributed by atoms with E-state index in [9.17, 15) is 0 Å². The van der Waals surface area contributed by atoms with E-state index >= 15 is 0 Å². The van der Waals surface area contributed by atoms with Gasteiger partial charge in [-0.2, -0.15) is 0 Å². The first-order chi connectivity index (χ1) is 11.2. The van der Waals surface area contributed by atoms with E-state index in [2.05, 4.69) is 47.4 Å². The Morgan fingerprint density at radius 3 is 2.50 bits per heavy atom. The third-order valence-electron chi connectivity index (χ3n) is 4.20. The van der Waals surface area contributed by atoms with Gasteiger partial charge in [0.2, 0.25) is 0 Å². The molecule has 1 aromatic heterocycles. The van der Waals surface area contributed by atoms with Crippen molar-refractivity contribution in [2.45, 2.75) is 27.3 Å². The fraction of sp³-hybridized carbons (Fsp3) is 0.500. The van der Waals surface area contributed by atoms with Crippen molar-refractivity contribution in [2.24, 2.45) is 4.99 Å². The number of rotatable bonds is 7. The van der Waals surface area contributed by atoms with Crippen LogP contribution in [0.3, 0.4) is 0 Å². The summed E-state index contributed by atoms with van der Waals surface area (Å²) in [5, 5.41) is 7.85. The van der Waals surface area contributed by atoms with Crippen LogP contribution in [-0.2, 0) is 6.54 Å². The molecule has 2 N–H and O–H groups in total. The van der Waals surface area contributed by atoms with E-state index in [-0.39, 0.29) is 24.0 Å². The van der Waals surface area contributed by atoms with Crippen LogP contribution in [0.5, 0.6) is 0 Å².